The summed E-state index contributed by atoms with van der Waals surface area (Å²) in [6, 6.07) is 15.0. The summed E-state index contributed by atoms with van der Waals surface area (Å²) >= 11 is 12.4. The first-order chi connectivity index (χ1) is 13.9. The molecule has 7 heteroatoms. The molecule has 2 heterocycles. The van der Waals surface area contributed by atoms with Gasteiger partial charge < -0.3 is 4.42 Å². The van der Waals surface area contributed by atoms with Crippen LogP contribution in [0.15, 0.2) is 58.0 Å². The topological polar surface area (TPSA) is 63.3 Å². The summed E-state index contributed by atoms with van der Waals surface area (Å²) in [6.45, 7) is 5.76. The highest BCUT2D eigenvalue weighted by Crippen LogP contribution is 2.27. The molecule has 4 rings (SSSR count). The Balaban J connectivity index is 1.90. The van der Waals surface area contributed by atoms with Gasteiger partial charge in [-0.2, -0.15) is 5.10 Å². The average molecular weight is 425 g/mol. The molecule has 0 bridgehead atoms. The van der Waals surface area contributed by atoms with Crippen LogP contribution in [0.2, 0.25) is 10.0 Å². The van der Waals surface area contributed by atoms with Crippen molar-refractivity contribution in [3.63, 3.8) is 0 Å². The van der Waals surface area contributed by atoms with Gasteiger partial charge in [0.1, 0.15) is 11.3 Å². The van der Waals surface area contributed by atoms with E-state index in [0.29, 0.717) is 32.7 Å². The number of aryl methyl sites for hydroxylation is 3. The van der Waals surface area contributed by atoms with E-state index in [2.05, 4.69) is 20.5 Å². The number of nitrogens with zero attached hydrogens (tertiary/aromatic N) is 3. The lowest BCUT2D eigenvalue weighted by Crippen LogP contribution is -2.09. The third-order valence-corrected chi connectivity index (χ3v) is 5.07. The monoisotopic (exact) mass is 424 g/mol. The fourth-order valence-corrected chi connectivity index (χ4v) is 3.31. The van der Waals surface area contributed by atoms with Crippen molar-refractivity contribution in [1.29, 1.82) is 0 Å². The van der Waals surface area contributed by atoms with Crippen LogP contribution in [0.1, 0.15) is 17.0 Å². The van der Waals surface area contributed by atoms with Crippen molar-refractivity contribution in [1.82, 2.24) is 9.97 Å². The molecular weight excluding hydrogens is 407 g/mol. The van der Waals surface area contributed by atoms with Crippen LogP contribution < -0.4 is 10.8 Å². The largest absolute Gasteiger partial charge is 0.456 e. The summed E-state index contributed by atoms with van der Waals surface area (Å²) in [6.07, 6.45) is 0. The van der Waals surface area contributed by atoms with E-state index in [0.717, 1.165) is 27.9 Å². The number of hydrogen-bond acceptors (Lipinski definition) is 5. The van der Waals surface area contributed by atoms with Gasteiger partial charge in [0, 0.05) is 38.4 Å². The second kappa shape index (κ2) is 7.85. The van der Waals surface area contributed by atoms with Gasteiger partial charge in [0.2, 0.25) is 5.95 Å². The number of nitrogens with one attached hydrogen (secondary N) is 1. The molecule has 0 atom stereocenters. The molecule has 0 saturated heterocycles. The first kappa shape index (κ1) is 19.4. The first-order valence-electron chi connectivity index (χ1n) is 9.01. The van der Waals surface area contributed by atoms with Crippen LogP contribution in [0, 0.1) is 20.8 Å². The molecule has 5 nitrogen and oxygen atoms in total. The zero-order valence-corrected chi connectivity index (χ0v) is 17.6. The predicted molar refractivity (Wildman–Crippen MR) is 117 cm³/mol. The number of hydrogen-bond donors (Lipinski definition) is 1. The number of rotatable bonds is 3. The van der Waals surface area contributed by atoms with Gasteiger partial charge in [0.25, 0.3) is 0 Å². The van der Waals surface area contributed by atoms with E-state index in [1.54, 1.807) is 0 Å². The summed E-state index contributed by atoms with van der Waals surface area (Å²) < 4.78 is 6.13. The van der Waals surface area contributed by atoms with Crippen LogP contribution in [-0.4, -0.2) is 9.97 Å². The first-order valence-corrected chi connectivity index (χ1v) is 9.76. The van der Waals surface area contributed by atoms with E-state index in [4.69, 9.17) is 27.6 Å². The summed E-state index contributed by atoms with van der Waals surface area (Å²) in [5, 5.41) is 7.30. The van der Waals surface area contributed by atoms with Gasteiger partial charge in [0.05, 0.1) is 5.36 Å². The Hall–Kier alpha value is -2.89. The summed E-state index contributed by atoms with van der Waals surface area (Å²) in [5.74, 6) is 1.10. The fourth-order valence-electron chi connectivity index (χ4n) is 3.02. The summed E-state index contributed by atoms with van der Waals surface area (Å²) in [5.41, 5.74) is 7.18. The highest BCUT2D eigenvalue weighted by Gasteiger charge is 2.09. The molecule has 0 fully saturated rings. The average Bonchev–Trinajstić information content (AvgIpc) is 2.67. The smallest absolute Gasteiger partial charge is 0.243 e. The van der Waals surface area contributed by atoms with Crippen LogP contribution in [0.3, 0.4) is 0 Å². The molecule has 1 N–H and O–H groups in total. The van der Waals surface area contributed by atoms with Crippen molar-refractivity contribution in [3.8, 4) is 11.3 Å². The molecule has 29 heavy (non-hydrogen) atoms. The van der Waals surface area contributed by atoms with Gasteiger partial charge in [-0.1, -0.05) is 23.2 Å². The van der Waals surface area contributed by atoms with Crippen molar-refractivity contribution in [2.24, 2.45) is 5.10 Å². The summed E-state index contributed by atoms with van der Waals surface area (Å²) in [4.78, 5) is 8.74. The lowest BCUT2D eigenvalue weighted by atomic mass is 10.1. The SMILES string of the molecule is Cc1cc(C)nc(N/N=c2\cc(-c3ccc(Cl)cc3)oc3cc(C)c(Cl)cc23)n1. The van der Waals surface area contributed by atoms with Crippen molar-refractivity contribution >= 4 is 40.1 Å². The number of fused-ring (bicyclic) bond motifs is 1. The lowest BCUT2D eigenvalue weighted by molar-refractivity contribution is 0.618. The zero-order valence-electron chi connectivity index (χ0n) is 16.1. The maximum Gasteiger partial charge on any atom is 0.243 e. The maximum absolute atomic E-state index is 6.35. The molecule has 0 aliphatic heterocycles. The second-order valence-corrected chi connectivity index (χ2v) is 7.64. The fraction of sp³-hybridized carbons (Fsp3) is 0.136. The highest BCUT2D eigenvalue weighted by atomic mass is 35.5. The zero-order chi connectivity index (χ0) is 20.5. The third-order valence-electron chi connectivity index (χ3n) is 4.41. The van der Waals surface area contributed by atoms with Gasteiger partial charge >= 0.3 is 0 Å². The Kier molecular flexibility index (Phi) is 5.26. The van der Waals surface area contributed by atoms with Crippen LogP contribution in [0.25, 0.3) is 22.3 Å². The molecule has 2 aromatic carbocycles. The van der Waals surface area contributed by atoms with Crippen LogP contribution in [0.4, 0.5) is 5.95 Å². The number of halogens is 2. The van der Waals surface area contributed by atoms with Crippen LogP contribution in [-0.2, 0) is 0 Å². The maximum atomic E-state index is 6.35. The van der Waals surface area contributed by atoms with Crippen molar-refractivity contribution < 1.29 is 4.42 Å². The normalized spacial score (nSPS) is 11.8. The van der Waals surface area contributed by atoms with E-state index in [1.807, 2.05) is 69.3 Å². The lowest BCUT2D eigenvalue weighted by Gasteiger charge is -2.08. The predicted octanol–water partition coefficient (Wildman–Crippen LogP) is 6.05. The molecule has 0 spiro atoms. The molecule has 0 aliphatic carbocycles. The van der Waals surface area contributed by atoms with Crippen molar-refractivity contribution in [3.05, 3.63) is 80.9 Å². The van der Waals surface area contributed by atoms with E-state index in [9.17, 15) is 0 Å². The second-order valence-electron chi connectivity index (χ2n) is 6.80. The number of anilines is 1. The summed E-state index contributed by atoms with van der Waals surface area (Å²) in [7, 11) is 0. The minimum absolute atomic E-state index is 0.433. The third kappa shape index (κ3) is 4.26. The minimum Gasteiger partial charge on any atom is -0.456 e. The molecule has 4 aromatic rings. The molecule has 2 aromatic heterocycles. The Labute approximate surface area is 178 Å². The van der Waals surface area contributed by atoms with E-state index < -0.39 is 0 Å². The molecule has 0 radical (unpaired) electrons. The molecule has 0 unspecified atom stereocenters. The van der Waals surface area contributed by atoms with Gasteiger partial charge in [0.15, 0.2) is 0 Å². The van der Waals surface area contributed by atoms with Gasteiger partial charge in [-0.15, -0.1) is 0 Å². The Morgan fingerprint density at radius 3 is 2.28 bits per heavy atom. The molecule has 146 valence electrons. The van der Waals surface area contributed by atoms with Gasteiger partial charge in [-0.05, 0) is 68.8 Å². The molecule has 0 amide bonds. The Morgan fingerprint density at radius 1 is 0.897 bits per heavy atom. The minimum atomic E-state index is 0.433. The van der Waals surface area contributed by atoms with Gasteiger partial charge in [-0.25, -0.2) is 15.4 Å². The molecular formula is C22H18Cl2N4O. The number of aromatic nitrogens is 2. The van der Waals surface area contributed by atoms with Crippen LogP contribution >= 0.6 is 23.2 Å². The van der Waals surface area contributed by atoms with Crippen molar-refractivity contribution in [2.45, 2.75) is 20.8 Å². The standard InChI is InChI=1S/C22H18Cl2N4O/c1-12-8-21-17(10-18(12)24)19(27-28-22-25-13(2)9-14(3)26-22)11-20(29-21)15-4-6-16(23)7-5-15/h4-11H,1-3H3,(H,25,26,28)/b27-19+. The van der Waals surface area contributed by atoms with Crippen LogP contribution in [0.5, 0.6) is 0 Å². The van der Waals surface area contributed by atoms with E-state index >= 15 is 0 Å². The molecule has 0 saturated carbocycles. The number of benzene rings is 2. The van der Waals surface area contributed by atoms with E-state index in [1.165, 1.54) is 0 Å². The Bertz CT molecular complexity index is 1260. The van der Waals surface area contributed by atoms with Crippen molar-refractivity contribution in [2.75, 3.05) is 5.43 Å². The molecule has 0 aliphatic rings. The van der Waals surface area contributed by atoms with Gasteiger partial charge in [-0.3, -0.25) is 0 Å². The quantitative estimate of drug-likeness (QED) is 0.406. The highest BCUT2D eigenvalue weighted by molar-refractivity contribution is 6.32. The Morgan fingerprint density at radius 2 is 1.59 bits per heavy atom. The van der Waals surface area contributed by atoms with E-state index in [-0.39, 0.29) is 0 Å².